The molecule has 442 valence electrons. The van der Waals surface area contributed by atoms with Crippen molar-refractivity contribution in [1.82, 2.24) is 0 Å². The Labute approximate surface area is 472 Å². The van der Waals surface area contributed by atoms with Crippen molar-refractivity contribution >= 4 is 17.9 Å². The van der Waals surface area contributed by atoms with Crippen molar-refractivity contribution < 1.29 is 28.6 Å². The lowest BCUT2D eigenvalue weighted by atomic mass is 10.0. The smallest absolute Gasteiger partial charge is 0.306 e. The van der Waals surface area contributed by atoms with E-state index in [-0.39, 0.29) is 31.1 Å². The van der Waals surface area contributed by atoms with Crippen LogP contribution in [0.5, 0.6) is 0 Å². The Bertz CT molecular complexity index is 1360. The van der Waals surface area contributed by atoms with E-state index in [1.165, 1.54) is 212 Å². The minimum atomic E-state index is -0.784. The summed E-state index contributed by atoms with van der Waals surface area (Å²) in [5, 5.41) is 0. The van der Waals surface area contributed by atoms with Gasteiger partial charge in [-0.25, -0.2) is 0 Å². The van der Waals surface area contributed by atoms with Crippen LogP contribution in [-0.4, -0.2) is 37.2 Å². The summed E-state index contributed by atoms with van der Waals surface area (Å²) in [5.41, 5.74) is 0. The van der Waals surface area contributed by atoms with Crippen molar-refractivity contribution in [3.05, 3.63) is 60.8 Å². The summed E-state index contributed by atoms with van der Waals surface area (Å²) >= 11 is 0. The zero-order chi connectivity index (χ0) is 55.0. The van der Waals surface area contributed by atoms with Gasteiger partial charge in [-0.15, -0.1) is 0 Å². The number of allylic oxidation sites excluding steroid dienone is 10. The highest BCUT2D eigenvalue weighted by Gasteiger charge is 2.19. The molecule has 0 heterocycles. The second-order valence-corrected chi connectivity index (χ2v) is 22.4. The van der Waals surface area contributed by atoms with Crippen LogP contribution in [0.1, 0.15) is 348 Å². The van der Waals surface area contributed by atoms with Gasteiger partial charge in [0, 0.05) is 19.3 Å². The van der Waals surface area contributed by atoms with Crippen LogP contribution in [0, 0.1) is 0 Å². The first-order valence-electron chi connectivity index (χ1n) is 33.3. The van der Waals surface area contributed by atoms with E-state index in [1.807, 2.05) is 0 Å². The quantitative estimate of drug-likeness (QED) is 0.0261. The van der Waals surface area contributed by atoms with E-state index in [9.17, 15) is 14.4 Å². The van der Waals surface area contributed by atoms with E-state index < -0.39 is 6.10 Å². The Kier molecular flexibility index (Phi) is 62.2. The van der Waals surface area contributed by atoms with Gasteiger partial charge in [0.05, 0.1) is 0 Å². The Morgan fingerprint density at radius 1 is 0.276 bits per heavy atom. The molecule has 0 aromatic carbocycles. The average molecular weight is 1060 g/mol. The van der Waals surface area contributed by atoms with Gasteiger partial charge in [0.15, 0.2) is 6.10 Å². The third-order valence-corrected chi connectivity index (χ3v) is 14.8. The number of unbranched alkanes of at least 4 members (excludes halogenated alkanes) is 40. The Morgan fingerprint density at radius 3 is 0.816 bits per heavy atom. The van der Waals surface area contributed by atoms with Gasteiger partial charge in [-0.05, 0) is 83.5 Å². The van der Waals surface area contributed by atoms with Gasteiger partial charge in [-0.1, -0.05) is 306 Å². The fourth-order valence-electron chi connectivity index (χ4n) is 9.79. The molecule has 1 atom stereocenters. The number of carbonyl (C=O) groups excluding carboxylic acids is 3. The minimum Gasteiger partial charge on any atom is -0.462 e. The van der Waals surface area contributed by atoms with Crippen molar-refractivity contribution in [1.29, 1.82) is 0 Å². The van der Waals surface area contributed by atoms with Crippen LogP contribution < -0.4 is 0 Å². The molecule has 0 bridgehead atoms. The minimum absolute atomic E-state index is 0.0780. The molecule has 0 spiro atoms. The lowest BCUT2D eigenvalue weighted by molar-refractivity contribution is -0.167. The van der Waals surface area contributed by atoms with E-state index in [2.05, 4.69) is 81.5 Å². The summed E-state index contributed by atoms with van der Waals surface area (Å²) in [6.45, 7) is 6.57. The molecule has 0 aliphatic carbocycles. The number of esters is 3. The second kappa shape index (κ2) is 64.6. The monoisotopic (exact) mass is 1060 g/mol. The predicted octanol–water partition coefficient (Wildman–Crippen LogP) is 22.7. The van der Waals surface area contributed by atoms with Gasteiger partial charge in [0.25, 0.3) is 0 Å². The summed E-state index contributed by atoms with van der Waals surface area (Å²) < 4.78 is 17.0. The molecule has 0 aromatic rings. The van der Waals surface area contributed by atoms with Crippen LogP contribution in [0.2, 0.25) is 0 Å². The molecule has 0 rings (SSSR count). The maximum Gasteiger partial charge on any atom is 0.306 e. The summed E-state index contributed by atoms with van der Waals surface area (Å²) in [6, 6.07) is 0. The van der Waals surface area contributed by atoms with Gasteiger partial charge in [-0.3, -0.25) is 14.4 Å². The first kappa shape index (κ1) is 73.1. The zero-order valence-electron chi connectivity index (χ0n) is 50.8. The molecule has 0 fully saturated rings. The van der Waals surface area contributed by atoms with Crippen LogP contribution in [0.3, 0.4) is 0 Å². The van der Waals surface area contributed by atoms with Crippen LogP contribution in [0.4, 0.5) is 0 Å². The average Bonchev–Trinajstić information content (AvgIpc) is 3.42. The Balaban J connectivity index is 4.36. The highest BCUT2D eigenvalue weighted by Crippen LogP contribution is 2.17. The number of carbonyl (C=O) groups is 3. The first-order chi connectivity index (χ1) is 37.5. The Hall–Kier alpha value is -2.89. The van der Waals surface area contributed by atoms with Crippen LogP contribution in [0.25, 0.3) is 0 Å². The molecular formula is C70H126O6. The lowest BCUT2D eigenvalue weighted by Gasteiger charge is -2.18. The van der Waals surface area contributed by atoms with E-state index in [0.717, 1.165) is 96.3 Å². The molecule has 76 heavy (non-hydrogen) atoms. The van der Waals surface area contributed by atoms with Gasteiger partial charge in [0.1, 0.15) is 13.2 Å². The van der Waals surface area contributed by atoms with E-state index in [1.54, 1.807) is 0 Å². The number of hydrogen-bond acceptors (Lipinski definition) is 6. The van der Waals surface area contributed by atoms with Crippen molar-refractivity contribution in [3.63, 3.8) is 0 Å². The SMILES string of the molecule is CC/C=C\C/C=C\C/C=C\C/C=C\CCCCCCCCC(=O)OC(COC(=O)CCCCCCCCC/C=C\CCCCCCCCC)COC(=O)CCCCCCCCCCCCCCCCCCCCCCC. The molecule has 0 aromatic heterocycles. The molecule has 0 aliphatic rings. The maximum absolute atomic E-state index is 12.9. The van der Waals surface area contributed by atoms with Crippen molar-refractivity contribution in [3.8, 4) is 0 Å². The van der Waals surface area contributed by atoms with Gasteiger partial charge in [0.2, 0.25) is 0 Å². The molecule has 0 aliphatic heterocycles. The summed E-state index contributed by atoms with van der Waals surface area (Å²) in [4.78, 5) is 38.4. The zero-order valence-corrected chi connectivity index (χ0v) is 50.8. The molecule has 0 radical (unpaired) electrons. The van der Waals surface area contributed by atoms with Crippen LogP contribution in [-0.2, 0) is 28.6 Å². The van der Waals surface area contributed by atoms with E-state index >= 15 is 0 Å². The largest absolute Gasteiger partial charge is 0.462 e. The van der Waals surface area contributed by atoms with Crippen LogP contribution >= 0.6 is 0 Å². The van der Waals surface area contributed by atoms with Gasteiger partial charge >= 0.3 is 17.9 Å². The first-order valence-corrected chi connectivity index (χ1v) is 33.3. The fraction of sp³-hybridized carbons (Fsp3) is 0.814. The normalized spacial score (nSPS) is 12.4. The molecule has 6 nitrogen and oxygen atoms in total. The fourth-order valence-corrected chi connectivity index (χ4v) is 9.79. The van der Waals surface area contributed by atoms with Crippen molar-refractivity contribution in [2.24, 2.45) is 0 Å². The Morgan fingerprint density at radius 2 is 0.513 bits per heavy atom. The van der Waals surface area contributed by atoms with E-state index in [0.29, 0.717) is 19.3 Å². The lowest BCUT2D eigenvalue weighted by Crippen LogP contribution is -2.30. The van der Waals surface area contributed by atoms with Gasteiger partial charge in [-0.2, -0.15) is 0 Å². The van der Waals surface area contributed by atoms with Crippen LogP contribution in [0.15, 0.2) is 60.8 Å². The number of ether oxygens (including phenoxy) is 3. The second-order valence-electron chi connectivity index (χ2n) is 22.4. The molecule has 1 unspecified atom stereocenters. The summed E-state index contributed by atoms with van der Waals surface area (Å²) in [5.74, 6) is -0.875. The third-order valence-electron chi connectivity index (χ3n) is 14.8. The number of hydrogen-bond donors (Lipinski definition) is 0. The highest BCUT2D eigenvalue weighted by atomic mass is 16.6. The molecule has 0 saturated carbocycles. The standard InChI is InChI=1S/C70H126O6/c1-4-7-10-13-16-19-22-25-28-31-34-35-37-39-42-45-48-51-54-57-60-63-69(72)75-66-67(65-74-68(71)62-59-56-53-50-47-44-41-38-33-30-27-24-21-18-15-12-9-6-3)76-70(73)64-61-58-55-52-49-46-43-40-36-32-29-26-23-20-17-14-11-8-5-2/h8,11,17,20,26,29-30,33,36,40,67H,4-7,9-10,12-16,18-19,21-25,27-28,31-32,34-35,37-39,41-66H2,1-3H3/b11-8-,20-17-,29-26-,33-30-,40-36-. The third kappa shape index (κ3) is 62.0. The molecule has 6 heteroatoms. The van der Waals surface area contributed by atoms with Crippen molar-refractivity contribution in [2.45, 2.75) is 354 Å². The van der Waals surface area contributed by atoms with Gasteiger partial charge < -0.3 is 14.2 Å². The molecule has 0 amide bonds. The van der Waals surface area contributed by atoms with Crippen molar-refractivity contribution in [2.75, 3.05) is 13.2 Å². The molecule has 0 saturated heterocycles. The van der Waals surface area contributed by atoms with E-state index in [4.69, 9.17) is 14.2 Å². The predicted molar refractivity (Wildman–Crippen MR) is 330 cm³/mol. The molecular weight excluding hydrogens is 937 g/mol. The maximum atomic E-state index is 12.9. The summed E-state index contributed by atoms with van der Waals surface area (Å²) in [7, 11) is 0. The summed E-state index contributed by atoms with van der Waals surface area (Å²) in [6.07, 6.45) is 82.3. The highest BCUT2D eigenvalue weighted by molar-refractivity contribution is 5.71. The topological polar surface area (TPSA) is 78.9 Å². The number of rotatable bonds is 61. The molecule has 0 N–H and O–H groups in total.